The second-order valence-electron chi connectivity index (χ2n) is 4.86. The molecule has 23 heavy (non-hydrogen) atoms. The summed E-state index contributed by atoms with van der Waals surface area (Å²) >= 11 is 0. The van der Waals surface area contributed by atoms with E-state index in [2.05, 4.69) is 9.97 Å². The third-order valence-electron chi connectivity index (χ3n) is 3.17. The highest BCUT2D eigenvalue weighted by Crippen LogP contribution is 2.25. The third-order valence-corrected chi connectivity index (χ3v) is 3.17. The molecule has 2 heterocycles. The summed E-state index contributed by atoms with van der Waals surface area (Å²) in [7, 11) is 0. The van der Waals surface area contributed by atoms with Crippen molar-refractivity contribution in [3.05, 3.63) is 59.6 Å². The molecule has 1 aromatic carbocycles. The molecule has 0 fully saturated rings. The second kappa shape index (κ2) is 6.04. The molecule has 2 N–H and O–H groups in total. The van der Waals surface area contributed by atoms with Crippen molar-refractivity contribution in [2.24, 2.45) is 0 Å². The quantitative estimate of drug-likeness (QED) is 0.797. The molecule has 5 nitrogen and oxygen atoms in total. The van der Waals surface area contributed by atoms with Gasteiger partial charge in [0.05, 0.1) is 0 Å². The molecular formula is C16H13F2N3O2. The molecule has 3 rings (SSSR count). The highest BCUT2D eigenvalue weighted by molar-refractivity contribution is 5.54. The minimum atomic E-state index is -0.697. The highest BCUT2D eigenvalue weighted by Gasteiger charge is 2.14. The lowest BCUT2D eigenvalue weighted by atomic mass is 10.2. The number of rotatable bonds is 4. The van der Waals surface area contributed by atoms with E-state index in [9.17, 15) is 8.78 Å². The lowest BCUT2D eigenvalue weighted by molar-refractivity contribution is 0.300. The number of hydrogen-bond donors (Lipinski definition) is 1. The van der Waals surface area contributed by atoms with Crippen LogP contribution in [-0.4, -0.2) is 9.97 Å². The topological polar surface area (TPSA) is 74.2 Å². The van der Waals surface area contributed by atoms with E-state index in [1.54, 1.807) is 25.3 Å². The van der Waals surface area contributed by atoms with Crippen molar-refractivity contribution < 1.29 is 17.9 Å². The standard InChI is InChI=1S/C16H13F2N3O2/c1-9-13(8-22-14-3-2-4-20-15(14)19)21-16(23-9)10-5-11(17)7-12(18)6-10/h2-7H,8H2,1H3,(H2,19,20). The molecular weight excluding hydrogens is 304 g/mol. The van der Waals surface area contributed by atoms with E-state index in [4.69, 9.17) is 14.9 Å². The van der Waals surface area contributed by atoms with Gasteiger partial charge in [0.1, 0.15) is 29.7 Å². The van der Waals surface area contributed by atoms with Crippen LogP contribution in [0.2, 0.25) is 0 Å². The van der Waals surface area contributed by atoms with E-state index in [1.165, 1.54) is 0 Å². The minimum absolute atomic E-state index is 0.100. The first-order valence-electron chi connectivity index (χ1n) is 6.79. The zero-order valence-electron chi connectivity index (χ0n) is 12.2. The number of aryl methyl sites for hydroxylation is 1. The SMILES string of the molecule is Cc1oc(-c2cc(F)cc(F)c2)nc1COc1cccnc1N. The van der Waals surface area contributed by atoms with Crippen molar-refractivity contribution in [1.82, 2.24) is 9.97 Å². The first-order valence-corrected chi connectivity index (χ1v) is 6.79. The summed E-state index contributed by atoms with van der Waals surface area (Å²) in [6.07, 6.45) is 1.56. The van der Waals surface area contributed by atoms with Gasteiger partial charge >= 0.3 is 0 Å². The molecule has 0 spiro atoms. The van der Waals surface area contributed by atoms with E-state index >= 15 is 0 Å². The normalized spacial score (nSPS) is 10.7. The van der Waals surface area contributed by atoms with Gasteiger partial charge in [0.25, 0.3) is 0 Å². The van der Waals surface area contributed by atoms with Crippen molar-refractivity contribution in [2.45, 2.75) is 13.5 Å². The van der Waals surface area contributed by atoms with Gasteiger partial charge < -0.3 is 14.9 Å². The molecule has 0 unspecified atom stereocenters. The largest absolute Gasteiger partial charge is 0.483 e. The molecule has 0 radical (unpaired) electrons. The fourth-order valence-corrected chi connectivity index (χ4v) is 2.03. The van der Waals surface area contributed by atoms with Crippen molar-refractivity contribution in [3.63, 3.8) is 0 Å². The Bertz CT molecular complexity index is 829. The number of nitrogens with two attached hydrogens (primary N) is 1. The van der Waals surface area contributed by atoms with E-state index in [0.29, 0.717) is 17.2 Å². The van der Waals surface area contributed by atoms with Gasteiger partial charge in [-0.1, -0.05) is 0 Å². The molecule has 118 valence electrons. The highest BCUT2D eigenvalue weighted by atomic mass is 19.1. The zero-order chi connectivity index (χ0) is 16.4. The van der Waals surface area contributed by atoms with Crippen LogP contribution in [0.15, 0.2) is 40.9 Å². The van der Waals surface area contributed by atoms with Gasteiger partial charge in [0.2, 0.25) is 5.89 Å². The molecule has 3 aromatic rings. The predicted molar refractivity (Wildman–Crippen MR) is 79.6 cm³/mol. The maximum atomic E-state index is 13.3. The van der Waals surface area contributed by atoms with Gasteiger partial charge in [-0.3, -0.25) is 0 Å². The summed E-state index contributed by atoms with van der Waals surface area (Å²) in [5, 5.41) is 0. The number of oxazole rings is 1. The number of benzene rings is 1. The number of nitrogens with zero attached hydrogens (tertiary/aromatic N) is 2. The lowest BCUT2D eigenvalue weighted by Gasteiger charge is -2.05. The Morgan fingerprint density at radius 1 is 1.22 bits per heavy atom. The van der Waals surface area contributed by atoms with E-state index in [0.717, 1.165) is 18.2 Å². The smallest absolute Gasteiger partial charge is 0.226 e. The van der Waals surface area contributed by atoms with Crippen LogP contribution in [0.4, 0.5) is 14.6 Å². The first kappa shape index (κ1) is 15.0. The summed E-state index contributed by atoms with van der Waals surface area (Å²) < 4.78 is 37.6. The Labute approximate surface area is 130 Å². The number of nitrogen functional groups attached to an aromatic ring is 1. The number of ether oxygens (including phenoxy) is 1. The number of halogens is 2. The predicted octanol–water partition coefficient (Wildman–Crippen LogP) is 3.48. The molecule has 0 aliphatic carbocycles. The lowest BCUT2D eigenvalue weighted by Crippen LogP contribution is -2.01. The van der Waals surface area contributed by atoms with Gasteiger partial charge in [-0.25, -0.2) is 18.7 Å². The Morgan fingerprint density at radius 2 is 1.96 bits per heavy atom. The maximum Gasteiger partial charge on any atom is 0.226 e. The van der Waals surface area contributed by atoms with E-state index in [-0.39, 0.29) is 23.9 Å². The van der Waals surface area contributed by atoms with Crippen LogP contribution in [0.1, 0.15) is 11.5 Å². The van der Waals surface area contributed by atoms with Crippen LogP contribution in [0.3, 0.4) is 0 Å². The maximum absolute atomic E-state index is 13.3. The van der Waals surface area contributed by atoms with Gasteiger partial charge in [0, 0.05) is 17.8 Å². The van der Waals surface area contributed by atoms with Crippen molar-refractivity contribution in [2.75, 3.05) is 5.73 Å². The average molecular weight is 317 g/mol. The van der Waals surface area contributed by atoms with Gasteiger partial charge in [-0.2, -0.15) is 0 Å². The minimum Gasteiger partial charge on any atom is -0.483 e. The van der Waals surface area contributed by atoms with Crippen molar-refractivity contribution in [3.8, 4) is 17.2 Å². The van der Waals surface area contributed by atoms with Crippen molar-refractivity contribution >= 4 is 5.82 Å². The first-order chi connectivity index (χ1) is 11.0. The molecule has 7 heteroatoms. The molecule has 2 aromatic heterocycles. The molecule has 0 atom stereocenters. The summed E-state index contributed by atoms with van der Waals surface area (Å²) in [6.45, 7) is 1.79. The number of aromatic nitrogens is 2. The number of pyridine rings is 1. The van der Waals surface area contributed by atoms with E-state index < -0.39 is 11.6 Å². The molecule has 0 saturated carbocycles. The van der Waals surface area contributed by atoms with Crippen LogP contribution < -0.4 is 10.5 Å². The summed E-state index contributed by atoms with van der Waals surface area (Å²) in [5.41, 5.74) is 6.42. The summed E-state index contributed by atoms with van der Waals surface area (Å²) in [5.74, 6) is -0.0892. The fourth-order valence-electron chi connectivity index (χ4n) is 2.03. The molecule has 0 bridgehead atoms. The van der Waals surface area contributed by atoms with Gasteiger partial charge in [-0.05, 0) is 31.2 Å². The Balaban J connectivity index is 1.82. The monoisotopic (exact) mass is 317 g/mol. The molecule has 0 saturated heterocycles. The van der Waals surface area contributed by atoms with Crippen LogP contribution in [0.5, 0.6) is 5.75 Å². The molecule has 0 amide bonds. The van der Waals surface area contributed by atoms with Crippen molar-refractivity contribution in [1.29, 1.82) is 0 Å². The number of anilines is 1. The van der Waals surface area contributed by atoms with Crippen LogP contribution >= 0.6 is 0 Å². The molecule has 0 aliphatic heterocycles. The third kappa shape index (κ3) is 3.28. The van der Waals surface area contributed by atoms with Gasteiger partial charge in [0.15, 0.2) is 11.6 Å². The van der Waals surface area contributed by atoms with E-state index in [1.807, 2.05) is 0 Å². The Hall–Kier alpha value is -2.96. The second-order valence-corrected chi connectivity index (χ2v) is 4.86. The van der Waals surface area contributed by atoms with Crippen LogP contribution in [-0.2, 0) is 6.61 Å². The molecule has 0 aliphatic rings. The Kier molecular flexibility index (Phi) is 3.92. The number of hydrogen-bond acceptors (Lipinski definition) is 5. The fraction of sp³-hybridized carbons (Fsp3) is 0.125. The average Bonchev–Trinajstić information content (AvgIpc) is 2.87. The van der Waals surface area contributed by atoms with Gasteiger partial charge in [-0.15, -0.1) is 0 Å². The summed E-state index contributed by atoms with van der Waals surface area (Å²) in [4.78, 5) is 8.13. The Morgan fingerprint density at radius 3 is 2.65 bits per heavy atom. The van der Waals surface area contributed by atoms with Crippen LogP contribution in [0, 0.1) is 18.6 Å². The van der Waals surface area contributed by atoms with Crippen LogP contribution in [0.25, 0.3) is 11.5 Å². The zero-order valence-corrected chi connectivity index (χ0v) is 12.2. The summed E-state index contributed by atoms with van der Waals surface area (Å²) in [6, 6.07) is 6.47.